The van der Waals surface area contributed by atoms with Gasteiger partial charge in [0.1, 0.15) is 0 Å². The van der Waals surface area contributed by atoms with Gasteiger partial charge >= 0.3 is 5.97 Å². The molecule has 1 fully saturated rings. The fourth-order valence-electron chi connectivity index (χ4n) is 2.63. The van der Waals surface area contributed by atoms with E-state index in [1.165, 1.54) is 11.0 Å². The molecule has 1 aromatic rings. The quantitative estimate of drug-likeness (QED) is 0.922. The normalized spacial score (nSPS) is 22.4. The molecule has 0 spiro atoms. The van der Waals surface area contributed by atoms with Gasteiger partial charge in [-0.25, -0.2) is 8.78 Å². The zero-order chi connectivity index (χ0) is 14.9. The summed E-state index contributed by atoms with van der Waals surface area (Å²) >= 11 is 0. The first-order valence-corrected chi connectivity index (χ1v) is 6.43. The van der Waals surface area contributed by atoms with E-state index in [0.29, 0.717) is 18.5 Å². The van der Waals surface area contributed by atoms with Gasteiger partial charge in [-0.05, 0) is 24.1 Å². The molecule has 0 bridgehead atoms. The topological polar surface area (TPSA) is 57.6 Å². The Balaban J connectivity index is 2.43. The molecular formula is C14H15F2NO3. The Labute approximate surface area is 115 Å². The minimum Gasteiger partial charge on any atom is -0.481 e. The Kier molecular flexibility index (Phi) is 4.01. The molecular weight excluding hydrogens is 268 g/mol. The van der Waals surface area contributed by atoms with Gasteiger partial charge in [0.05, 0.1) is 12.0 Å². The highest BCUT2D eigenvalue weighted by Crippen LogP contribution is 2.38. The maximum absolute atomic E-state index is 13.3. The highest BCUT2D eigenvalue weighted by Gasteiger charge is 2.44. The van der Waals surface area contributed by atoms with Gasteiger partial charge < -0.3 is 10.0 Å². The van der Waals surface area contributed by atoms with Crippen molar-refractivity contribution in [3.05, 3.63) is 35.4 Å². The summed E-state index contributed by atoms with van der Waals surface area (Å²) in [4.78, 5) is 24.6. The molecule has 1 heterocycles. The Bertz CT molecular complexity index is 547. The maximum Gasteiger partial charge on any atom is 0.309 e. The number of halogens is 2. The number of carbonyl (C=O) groups excluding carboxylic acids is 1. The summed E-state index contributed by atoms with van der Waals surface area (Å²) in [7, 11) is 0. The van der Waals surface area contributed by atoms with Gasteiger partial charge in [-0.3, -0.25) is 9.59 Å². The largest absolute Gasteiger partial charge is 0.481 e. The van der Waals surface area contributed by atoms with E-state index in [0.717, 1.165) is 12.1 Å². The second kappa shape index (κ2) is 5.56. The number of carbonyl (C=O) groups is 2. The molecule has 2 rings (SSSR count). The molecule has 0 aliphatic carbocycles. The maximum atomic E-state index is 13.3. The van der Waals surface area contributed by atoms with Crippen molar-refractivity contribution in [2.75, 3.05) is 6.54 Å². The SMILES string of the molecule is CCCN1C(=O)CC(C(=O)O)C1c1ccc(F)c(F)c1. The lowest BCUT2D eigenvalue weighted by atomic mass is 9.93. The highest BCUT2D eigenvalue weighted by molar-refractivity contribution is 5.87. The van der Waals surface area contributed by atoms with Crippen molar-refractivity contribution in [1.29, 1.82) is 0 Å². The average Bonchev–Trinajstić information content (AvgIpc) is 2.71. The lowest BCUT2D eigenvalue weighted by Gasteiger charge is -2.27. The molecule has 1 aliphatic rings. The van der Waals surface area contributed by atoms with Crippen LogP contribution in [0.2, 0.25) is 0 Å². The van der Waals surface area contributed by atoms with Crippen LogP contribution in [0.1, 0.15) is 31.4 Å². The van der Waals surface area contributed by atoms with Gasteiger partial charge in [0, 0.05) is 13.0 Å². The molecule has 1 amide bonds. The van der Waals surface area contributed by atoms with Crippen LogP contribution in [0.5, 0.6) is 0 Å². The van der Waals surface area contributed by atoms with Crippen LogP contribution in [0.4, 0.5) is 8.78 Å². The van der Waals surface area contributed by atoms with Gasteiger partial charge in [-0.1, -0.05) is 13.0 Å². The molecule has 0 saturated carbocycles. The lowest BCUT2D eigenvalue weighted by molar-refractivity contribution is -0.142. The number of carboxylic acid groups (broad SMARTS) is 1. The predicted molar refractivity (Wildman–Crippen MR) is 66.8 cm³/mol. The Morgan fingerprint density at radius 1 is 1.40 bits per heavy atom. The second-order valence-electron chi connectivity index (χ2n) is 4.85. The first-order chi connectivity index (χ1) is 9.45. The first kappa shape index (κ1) is 14.4. The second-order valence-corrected chi connectivity index (χ2v) is 4.85. The van der Waals surface area contributed by atoms with E-state index >= 15 is 0 Å². The van der Waals surface area contributed by atoms with Crippen LogP contribution in [-0.4, -0.2) is 28.4 Å². The molecule has 1 aromatic carbocycles. The van der Waals surface area contributed by atoms with Gasteiger partial charge in [0.25, 0.3) is 0 Å². The van der Waals surface area contributed by atoms with E-state index in [4.69, 9.17) is 0 Å². The van der Waals surface area contributed by atoms with Crippen LogP contribution >= 0.6 is 0 Å². The molecule has 20 heavy (non-hydrogen) atoms. The predicted octanol–water partition coefficient (Wildman–Crippen LogP) is 2.35. The number of aliphatic carboxylic acids is 1. The van der Waals surface area contributed by atoms with E-state index in [1.54, 1.807) is 0 Å². The van der Waals surface area contributed by atoms with Crippen molar-refractivity contribution in [3.8, 4) is 0 Å². The Hall–Kier alpha value is -1.98. The first-order valence-electron chi connectivity index (χ1n) is 6.43. The van der Waals surface area contributed by atoms with Crippen LogP contribution in [0, 0.1) is 17.6 Å². The fourth-order valence-corrected chi connectivity index (χ4v) is 2.63. The number of carboxylic acids is 1. The van der Waals surface area contributed by atoms with Crippen LogP contribution in [0.15, 0.2) is 18.2 Å². The summed E-state index contributed by atoms with van der Waals surface area (Å²) in [6.45, 7) is 2.26. The van der Waals surface area contributed by atoms with Crippen molar-refractivity contribution in [2.24, 2.45) is 5.92 Å². The summed E-state index contributed by atoms with van der Waals surface area (Å²) in [6, 6.07) is 2.52. The fraction of sp³-hybridized carbons (Fsp3) is 0.429. The van der Waals surface area contributed by atoms with E-state index in [9.17, 15) is 23.5 Å². The van der Waals surface area contributed by atoms with Crippen molar-refractivity contribution >= 4 is 11.9 Å². The number of rotatable bonds is 4. The van der Waals surface area contributed by atoms with Crippen LogP contribution < -0.4 is 0 Å². The molecule has 2 atom stereocenters. The zero-order valence-corrected chi connectivity index (χ0v) is 11.0. The van der Waals surface area contributed by atoms with Gasteiger partial charge in [0.2, 0.25) is 5.91 Å². The standard InChI is InChI=1S/C14H15F2NO3/c1-2-5-17-12(18)7-9(14(19)20)13(17)8-3-4-10(15)11(16)6-8/h3-4,6,9,13H,2,5,7H2,1H3,(H,19,20). The number of likely N-dealkylation sites (tertiary alicyclic amines) is 1. The smallest absolute Gasteiger partial charge is 0.309 e. The molecule has 0 radical (unpaired) electrons. The molecule has 2 unspecified atom stereocenters. The third-order valence-electron chi connectivity index (χ3n) is 3.50. The van der Waals surface area contributed by atoms with Gasteiger partial charge in [-0.2, -0.15) is 0 Å². The van der Waals surface area contributed by atoms with Crippen molar-refractivity contribution in [1.82, 2.24) is 4.90 Å². The van der Waals surface area contributed by atoms with E-state index < -0.39 is 29.6 Å². The summed E-state index contributed by atoms with van der Waals surface area (Å²) in [5.41, 5.74) is 0.315. The van der Waals surface area contributed by atoms with E-state index in [-0.39, 0.29) is 12.3 Å². The van der Waals surface area contributed by atoms with Crippen LogP contribution in [0.3, 0.4) is 0 Å². The van der Waals surface area contributed by atoms with Crippen LogP contribution in [0.25, 0.3) is 0 Å². The molecule has 1 N–H and O–H groups in total. The zero-order valence-electron chi connectivity index (χ0n) is 11.0. The monoisotopic (exact) mass is 283 g/mol. The minimum atomic E-state index is -1.10. The summed E-state index contributed by atoms with van der Waals surface area (Å²) < 4.78 is 26.3. The number of nitrogens with zero attached hydrogens (tertiary/aromatic N) is 1. The third kappa shape index (κ3) is 2.50. The molecule has 4 nitrogen and oxygen atoms in total. The number of hydrogen-bond acceptors (Lipinski definition) is 2. The van der Waals surface area contributed by atoms with E-state index in [1.807, 2.05) is 6.92 Å². The number of amides is 1. The average molecular weight is 283 g/mol. The van der Waals surface area contributed by atoms with Crippen molar-refractivity contribution < 1.29 is 23.5 Å². The molecule has 6 heteroatoms. The summed E-state index contributed by atoms with van der Waals surface area (Å²) in [5.74, 6) is -4.34. The van der Waals surface area contributed by atoms with Gasteiger partial charge in [0.15, 0.2) is 11.6 Å². The summed E-state index contributed by atoms with van der Waals surface area (Å²) in [6.07, 6.45) is 0.553. The van der Waals surface area contributed by atoms with Crippen molar-refractivity contribution in [3.63, 3.8) is 0 Å². The third-order valence-corrected chi connectivity index (χ3v) is 3.50. The Morgan fingerprint density at radius 2 is 2.10 bits per heavy atom. The van der Waals surface area contributed by atoms with Crippen LogP contribution in [-0.2, 0) is 9.59 Å². The lowest BCUT2D eigenvalue weighted by Crippen LogP contribution is -2.31. The molecule has 108 valence electrons. The van der Waals surface area contributed by atoms with Gasteiger partial charge in [-0.15, -0.1) is 0 Å². The summed E-state index contributed by atoms with van der Waals surface area (Å²) in [5, 5.41) is 9.23. The minimum absolute atomic E-state index is 0.112. The number of benzene rings is 1. The van der Waals surface area contributed by atoms with E-state index in [2.05, 4.69) is 0 Å². The Morgan fingerprint density at radius 3 is 2.65 bits per heavy atom. The molecule has 1 saturated heterocycles. The molecule has 1 aliphatic heterocycles. The van der Waals surface area contributed by atoms with Crippen molar-refractivity contribution in [2.45, 2.75) is 25.8 Å². The molecule has 0 aromatic heterocycles. The highest BCUT2D eigenvalue weighted by atomic mass is 19.2. The number of hydrogen-bond donors (Lipinski definition) is 1.